The van der Waals surface area contributed by atoms with E-state index in [0.717, 1.165) is 25.3 Å². The van der Waals surface area contributed by atoms with Gasteiger partial charge in [-0.05, 0) is 37.0 Å². The predicted molar refractivity (Wildman–Crippen MR) is 89.5 cm³/mol. The third-order valence-electron chi connectivity index (χ3n) is 3.74. The summed E-state index contributed by atoms with van der Waals surface area (Å²) in [4.78, 5) is 4.42. The van der Waals surface area contributed by atoms with E-state index in [0.29, 0.717) is 0 Å². The fourth-order valence-electron chi connectivity index (χ4n) is 2.50. The molecule has 0 aliphatic carbocycles. The topological polar surface area (TPSA) is 29.9 Å². The molecule has 1 aromatic carbocycles. The molecule has 0 spiro atoms. The molecule has 2 rings (SSSR count). The number of anilines is 1. The lowest BCUT2D eigenvalue weighted by molar-refractivity contribution is 0.644. The van der Waals surface area contributed by atoms with E-state index in [4.69, 9.17) is 0 Å². The number of rotatable bonds is 9. The second kappa shape index (κ2) is 8.50. The molecule has 0 amide bonds. The molecule has 0 saturated heterocycles. The lowest BCUT2D eigenvalue weighted by Crippen LogP contribution is -2.08. The van der Waals surface area contributed by atoms with Crippen LogP contribution in [0.25, 0.3) is 0 Å². The van der Waals surface area contributed by atoms with Crippen molar-refractivity contribution in [3.63, 3.8) is 0 Å². The number of aromatic nitrogens is 2. The van der Waals surface area contributed by atoms with Gasteiger partial charge in [-0.25, -0.2) is 4.98 Å². The van der Waals surface area contributed by atoms with E-state index in [1.54, 1.807) is 0 Å². The highest BCUT2D eigenvalue weighted by molar-refractivity contribution is 5.44. The summed E-state index contributed by atoms with van der Waals surface area (Å²) in [6.07, 6.45) is 10.1. The molecule has 0 saturated carbocycles. The zero-order chi connectivity index (χ0) is 14.9. The molecular weight excluding hydrogens is 258 g/mol. The molecule has 0 bridgehead atoms. The van der Waals surface area contributed by atoms with Crippen molar-refractivity contribution in [2.75, 3.05) is 5.32 Å². The Hall–Kier alpha value is -1.77. The number of unbranched alkanes of at least 4 members (excludes halogenated alkanes) is 2. The van der Waals surface area contributed by atoms with Crippen LogP contribution in [0.1, 0.15) is 50.9 Å². The van der Waals surface area contributed by atoms with Crippen LogP contribution < -0.4 is 5.32 Å². The van der Waals surface area contributed by atoms with E-state index in [9.17, 15) is 0 Å². The lowest BCUT2D eigenvalue weighted by Gasteiger charge is -2.09. The number of benzene rings is 1. The van der Waals surface area contributed by atoms with Crippen molar-refractivity contribution in [3.8, 4) is 0 Å². The number of imidazole rings is 1. The maximum absolute atomic E-state index is 4.42. The van der Waals surface area contributed by atoms with Crippen LogP contribution in [-0.4, -0.2) is 9.55 Å². The van der Waals surface area contributed by atoms with Crippen LogP contribution in [-0.2, 0) is 19.5 Å². The molecule has 114 valence electrons. The number of hydrogen-bond acceptors (Lipinski definition) is 2. The van der Waals surface area contributed by atoms with E-state index < -0.39 is 0 Å². The Balaban J connectivity index is 1.84. The van der Waals surface area contributed by atoms with Gasteiger partial charge in [-0.1, -0.05) is 38.8 Å². The zero-order valence-corrected chi connectivity index (χ0v) is 13.3. The Bertz CT molecular complexity index is 514. The lowest BCUT2D eigenvalue weighted by atomic mass is 10.1. The highest BCUT2D eigenvalue weighted by atomic mass is 15.1. The van der Waals surface area contributed by atoms with Crippen molar-refractivity contribution in [2.45, 2.75) is 59.0 Å². The van der Waals surface area contributed by atoms with Crippen molar-refractivity contribution < 1.29 is 0 Å². The highest BCUT2D eigenvalue weighted by Crippen LogP contribution is 2.13. The van der Waals surface area contributed by atoms with Gasteiger partial charge >= 0.3 is 0 Å². The number of nitrogens with zero attached hydrogens (tertiary/aromatic N) is 2. The monoisotopic (exact) mass is 285 g/mol. The van der Waals surface area contributed by atoms with Gasteiger partial charge < -0.3 is 9.88 Å². The average molecular weight is 285 g/mol. The Morgan fingerprint density at radius 1 is 1.05 bits per heavy atom. The fourth-order valence-corrected chi connectivity index (χ4v) is 2.50. The number of hydrogen-bond donors (Lipinski definition) is 1. The van der Waals surface area contributed by atoms with Crippen molar-refractivity contribution >= 4 is 5.69 Å². The van der Waals surface area contributed by atoms with E-state index in [1.807, 2.05) is 6.20 Å². The van der Waals surface area contributed by atoms with Gasteiger partial charge in [0.15, 0.2) is 0 Å². The second-order valence-electron chi connectivity index (χ2n) is 5.54. The summed E-state index contributed by atoms with van der Waals surface area (Å²) in [6.45, 7) is 6.25. The second-order valence-corrected chi connectivity index (χ2v) is 5.54. The zero-order valence-electron chi connectivity index (χ0n) is 13.3. The minimum atomic E-state index is 0.780. The average Bonchev–Trinajstić information content (AvgIpc) is 2.94. The summed E-state index contributed by atoms with van der Waals surface area (Å²) >= 11 is 0. The smallest absolute Gasteiger partial charge is 0.128 e. The number of nitrogens with one attached hydrogen (secondary N) is 1. The minimum absolute atomic E-state index is 0.780. The standard InChI is InChI=1S/C18H27N3/c1-3-5-6-7-16-8-10-17(11-9-16)20-15-18-19-12-14-21(18)13-4-2/h8-12,14,20H,3-7,13,15H2,1-2H3. The molecule has 0 unspecified atom stereocenters. The molecule has 0 aliphatic heterocycles. The molecular formula is C18H27N3. The van der Waals surface area contributed by atoms with Crippen LogP contribution in [0.15, 0.2) is 36.7 Å². The van der Waals surface area contributed by atoms with Gasteiger partial charge in [0, 0.05) is 24.6 Å². The molecule has 0 atom stereocenters. The SMILES string of the molecule is CCCCCc1ccc(NCc2nccn2CCC)cc1. The Morgan fingerprint density at radius 2 is 1.86 bits per heavy atom. The largest absolute Gasteiger partial charge is 0.378 e. The third-order valence-corrected chi connectivity index (χ3v) is 3.74. The Labute approximate surface area is 128 Å². The molecule has 0 fully saturated rings. The van der Waals surface area contributed by atoms with Gasteiger partial charge in [-0.15, -0.1) is 0 Å². The molecule has 0 radical (unpaired) electrons. The van der Waals surface area contributed by atoms with Gasteiger partial charge in [0.2, 0.25) is 0 Å². The van der Waals surface area contributed by atoms with Gasteiger partial charge in [0.05, 0.1) is 6.54 Å². The maximum Gasteiger partial charge on any atom is 0.128 e. The quantitative estimate of drug-likeness (QED) is 0.680. The van der Waals surface area contributed by atoms with Crippen molar-refractivity contribution in [1.82, 2.24) is 9.55 Å². The number of aryl methyl sites for hydroxylation is 2. The van der Waals surface area contributed by atoms with Gasteiger partial charge in [0.25, 0.3) is 0 Å². The molecule has 1 aromatic heterocycles. The van der Waals surface area contributed by atoms with Gasteiger partial charge in [-0.3, -0.25) is 0 Å². The Morgan fingerprint density at radius 3 is 2.57 bits per heavy atom. The van der Waals surface area contributed by atoms with Crippen LogP contribution in [0.4, 0.5) is 5.69 Å². The van der Waals surface area contributed by atoms with Crippen molar-refractivity contribution in [2.24, 2.45) is 0 Å². The first kappa shape index (κ1) is 15.6. The van der Waals surface area contributed by atoms with E-state index in [2.05, 4.69) is 59.2 Å². The summed E-state index contributed by atoms with van der Waals surface area (Å²) in [5.41, 5.74) is 2.60. The highest BCUT2D eigenvalue weighted by Gasteiger charge is 2.02. The van der Waals surface area contributed by atoms with Crippen LogP contribution >= 0.6 is 0 Å². The van der Waals surface area contributed by atoms with Crippen molar-refractivity contribution in [3.05, 3.63) is 48.0 Å². The summed E-state index contributed by atoms with van der Waals surface area (Å²) in [7, 11) is 0. The first-order valence-corrected chi connectivity index (χ1v) is 8.16. The molecule has 3 nitrogen and oxygen atoms in total. The molecule has 2 aromatic rings. The van der Waals surface area contributed by atoms with Gasteiger partial charge in [-0.2, -0.15) is 0 Å². The predicted octanol–water partition coefficient (Wildman–Crippen LogP) is 4.64. The normalized spacial score (nSPS) is 10.8. The van der Waals surface area contributed by atoms with Crippen molar-refractivity contribution in [1.29, 1.82) is 0 Å². The van der Waals surface area contributed by atoms with E-state index >= 15 is 0 Å². The molecule has 1 N–H and O–H groups in total. The first-order valence-electron chi connectivity index (χ1n) is 8.16. The van der Waals surface area contributed by atoms with Crippen LogP contribution in [0, 0.1) is 0 Å². The summed E-state index contributed by atoms with van der Waals surface area (Å²) < 4.78 is 2.21. The van der Waals surface area contributed by atoms with Crippen LogP contribution in [0.5, 0.6) is 0 Å². The van der Waals surface area contributed by atoms with E-state index in [1.165, 1.54) is 36.9 Å². The maximum atomic E-state index is 4.42. The minimum Gasteiger partial charge on any atom is -0.378 e. The molecule has 21 heavy (non-hydrogen) atoms. The van der Waals surface area contributed by atoms with Gasteiger partial charge in [0.1, 0.15) is 5.82 Å². The fraction of sp³-hybridized carbons (Fsp3) is 0.500. The summed E-state index contributed by atoms with van der Waals surface area (Å²) in [5, 5.41) is 3.46. The first-order chi connectivity index (χ1) is 10.3. The summed E-state index contributed by atoms with van der Waals surface area (Å²) in [6, 6.07) is 8.82. The van der Waals surface area contributed by atoms with Crippen LogP contribution in [0.2, 0.25) is 0 Å². The molecule has 3 heteroatoms. The molecule has 0 aliphatic rings. The molecule has 1 heterocycles. The summed E-state index contributed by atoms with van der Waals surface area (Å²) in [5.74, 6) is 1.10. The van der Waals surface area contributed by atoms with E-state index in [-0.39, 0.29) is 0 Å². The Kier molecular flexibility index (Phi) is 6.32. The van der Waals surface area contributed by atoms with Crippen LogP contribution in [0.3, 0.4) is 0 Å². The third kappa shape index (κ3) is 4.92.